The van der Waals surface area contributed by atoms with Crippen molar-refractivity contribution >= 4 is 23.7 Å². The molecular weight excluding hydrogens is 342 g/mol. The lowest BCUT2D eigenvalue weighted by molar-refractivity contribution is -0.159. The number of hydrogen-bond donors (Lipinski definition) is 3. The van der Waals surface area contributed by atoms with Gasteiger partial charge in [-0.05, 0) is 23.8 Å². The molecule has 2 aromatic rings. The fourth-order valence-electron chi connectivity index (χ4n) is 1.58. The third-order valence-electron chi connectivity index (χ3n) is 2.76. The molecule has 3 N–H and O–H groups in total. The highest BCUT2D eigenvalue weighted by molar-refractivity contribution is 6.27. The second kappa shape index (κ2) is 10.8. The third kappa shape index (κ3) is 8.07. The molecular formula is C17H15N3O6. The van der Waals surface area contributed by atoms with E-state index >= 15 is 0 Å². The Morgan fingerprint density at radius 2 is 1.73 bits per heavy atom. The van der Waals surface area contributed by atoms with Crippen molar-refractivity contribution in [2.24, 2.45) is 0 Å². The van der Waals surface area contributed by atoms with Gasteiger partial charge in [0.1, 0.15) is 6.61 Å². The van der Waals surface area contributed by atoms with Crippen LogP contribution in [0.1, 0.15) is 11.1 Å². The van der Waals surface area contributed by atoms with Crippen LogP contribution in [0.5, 0.6) is 0 Å². The Morgan fingerprint density at radius 1 is 1.08 bits per heavy atom. The van der Waals surface area contributed by atoms with Gasteiger partial charge in [-0.1, -0.05) is 18.2 Å². The molecule has 9 heteroatoms. The quantitative estimate of drug-likeness (QED) is 0.704. The van der Waals surface area contributed by atoms with Gasteiger partial charge in [-0.15, -0.1) is 0 Å². The van der Waals surface area contributed by atoms with E-state index in [4.69, 9.17) is 29.8 Å². The first kappa shape index (κ1) is 20.1. The summed E-state index contributed by atoms with van der Waals surface area (Å²) in [6.45, 7) is 0.173. The van der Waals surface area contributed by atoms with E-state index in [1.807, 2.05) is 6.07 Å². The lowest BCUT2D eigenvalue weighted by Crippen LogP contribution is -2.13. The zero-order chi connectivity index (χ0) is 19.4. The van der Waals surface area contributed by atoms with Gasteiger partial charge in [0.15, 0.2) is 0 Å². The molecule has 0 aliphatic carbocycles. The zero-order valence-electron chi connectivity index (χ0n) is 13.5. The molecule has 0 fully saturated rings. The fraction of sp³-hybridized carbons (Fsp3) is 0.118. The number of anilines is 1. The maximum Gasteiger partial charge on any atom is 0.414 e. The molecule has 1 aromatic carbocycles. The summed E-state index contributed by atoms with van der Waals surface area (Å²) >= 11 is 0. The number of aromatic nitrogens is 1. The fourth-order valence-corrected chi connectivity index (χ4v) is 1.58. The number of carboxylic acid groups (broad SMARTS) is 2. The lowest BCUT2D eigenvalue weighted by atomic mass is 10.1. The Kier molecular flexibility index (Phi) is 8.33. The standard InChI is InChI=1S/C15H13N3O2.C2H2O4/c16-8-7-12-3-5-14(6-4-12)18-15(19)20-11-13-2-1-9-17-10-13;3-1(4)2(5)6/h1-6,9-10H,7,11H2,(H,18,19);(H,3,4)(H,5,6). The van der Waals surface area contributed by atoms with Gasteiger partial charge in [0.2, 0.25) is 0 Å². The predicted molar refractivity (Wildman–Crippen MR) is 89.1 cm³/mol. The van der Waals surface area contributed by atoms with Gasteiger partial charge < -0.3 is 14.9 Å². The molecule has 0 saturated carbocycles. The molecule has 0 spiro atoms. The number of nitrogens with zero attached hydrogens (tertiary/aromatic N) is 2. The number of aliphatic carboxylic acids is 2. The van der Waals surface area contributed by atoms with E-state index in [0.29, 0.717) is 12.1 Å². The number of carbonyl (C=O) groups is 3. The van der Waals surface area contributed by atoms with Crippen molar-refractivity contribution in [1.82, 2.24) is 4.98 Å². The first-order chi connectivity index (χ1) is 12.4. The molecule has 1 aromatic heterocycles. The van der Waals surface area contributed by atoms with E-state index < -0.39 is 18.0 Å². The van der Waals surface area contributed by atoms with Gasteiger partial charge in [0.05, 0.1) is 12.5 Å². The molecule has 0 unspecified atom stereocenters. The summed E-state index contributed by atoms with van der Waals surface area (Å²) in [6, 6.07) is 12.7. The Balaban J connectivity index is 0.000000487. The third-order valence-corrected chi connectivity index (χ3v) is 2.76. The molecule has 9 nitrogen and oxygen atoms in total. The van der Waals surface area contributed by atoms with Crippen LogP contribution in [0.15, 0.2) is 48.8 Å². The minimum Gasteiger partial charge on any atom is -0.473 e. The number of nitrogens with one attached hydrogen (secondary N) is 1. The molecule has 26 heavy (non-hydrogen) atoms. The van der Waals surface area contributed by atoms with Crippen LogP contribution in [0.2, 0.25) is 0 Å². The van der Waals surface area contributed by atoms with E-state index in [9.17, 15) is 4.79 Å². The second-order valence-corrected chi connectivity index (χ2v) is 4.70. The molecule has 0 aliphatic heterocycles. The average Bonchev–Trinajstić information content (AvgIpc) is 2.63. The van der Waals surface area contributed by atoms with Crippen molar-refractivity contribution in [1.29, 1.82) is 5.26 Å². The molecule has 1 amide bonds. The van der Waals surface area contributed by atoms with Crippen LogP contribution in [0.4, 0.5) is 10.5 Å². The highest BCUT2D eigenvalue weighted by Gasteiger charge is 2.04. The molecule has 0 saturated heterocycles. The van der Waals surface area contributed by atoms with Gasteiger partial charge in [0.25, 0.3) is 0 Å². The summed E-state index contributed by atoms with van der Waals surface area (Å²) in [5.74, 6) is -3.65. The first-order valence-corrected chi connectivity index (χ1v) is 7.17. The predicted octanol–water partition coefficient (Wildman–Crippen LogP) is 2.05. The summed E-state index contributed by atoms with van der Waals surface area (Å²) in [7, 11) is 0. The van der Waals surface area contributed by atoms with Crippen LogP contribution in [0.3, 0.4) is 0 Å². The van der Waals surface area contributed by atoms with Gasteiger partial charge in [0, 0.05) is 23.6 Å². The number of hydrogen-bond acceptors (Lipinski definition) is 6. The minimum absolute atomic E-state index is 0.173. The first-order valence-electron chi connectivity index (χ1n) is 7.17. The van der Waals surface area contributed by atoms with E-state index in [0.717, 1.165) is 11.1 Å². The largest absolute Gasteiger partial charge is 0.473 e. The van der Waals surface area contributed by atoms with Gasteiger partial charge in [-0.3, -0.25) is 10.3 Å². The molecule has 0 atom stereocenters. The number of amides is 1. The van der Waals surface area contributed by atoms with Crippen LogP contribution in [0, 0.1) is 11.3 Å². The Morgan fingerprint density at radius 3 is 2.23 bits per heavy atom. The number of rotatable bonds is 4. The topological polar surface area (TPSA) is 150 Å². The van der Waals surface area contributed by atoms with Crippen LogP contribution >= 0.6 is 0 Å². The Hall–Kier alpha value is -3.93. The Bertz CT molecular complexity index is 772. The number of benzene rings is 1. The number of ether oxygens (including phenoxy) is 1. The molecule has 0 aliphatic rings. The van der Waals surface area contributed by atoms with E-state index in [1.165, 1.54) is 0 Å². The molecule has 0 bridgehead atoms. The summed E-state index contributed by atoms with van der Waals surface area (Å²) < 4.78 is 5.07. The van der Waals surface area contributed by atoms with Crippen LogP contribution in [-0.2, 0) is 27.4 Å². The average molecular weight is 357 g/mol. The number of carboxylic acids is 2. The number of carbonyl (C=O) groups excluding carboxylic acids is 1. The maximum absolute atomic E-state index is 11.6. The van der Waals surface area contributed by atoms with E-state index in [1.54, 1.807) is 42.7 Å². The van der Waals surface area contributed by atoms with Gasteiger partial charge >= 0.3 is 18.0 Å². The highest BCUT2D eigenvalue weighted by atomic mass is 16.5. The summed E-state index contributed by atoms with van der Waals surface area (Å²) in [6.07, 6.45) is 3.13. The normalized spacial score (nSPS) is 9.04. The van der Waals surface area contributed by atoms with Crippen molar-refractivity contribution in [3.05, 3.63) is 59.9 Å². The SMILES string of the molecule is N#CCc1ccc(NC(=O)OCc2cccnc2)cc1.O=C(O)C(=O)O. The smallest absolute Gasteiger partial charge is 0.414 e. The summed E-state index contributed by atoms with van der Waals surface area (Å²) in [5.41, 5.74) is 2.36. The van der Waals surface area contributed by atoms with E-state index in [-0.39, 0.29) is 6.61 Å². The minimum atomic E-state index is -1.82. The summed E-state index contributed by atoms with van der Waals surface area (Å²) in [5, 5.41) is 26.0. The van der Waals surface area contributed by atoms with Crippen molar-refractivity contribution < 1.29 is 29.3 Å². The molecule has 2 rings (SSSR count). The maximum atomic E-state index is 11.6. The van der Waals surface area contributed by atoms with Crippen molar-refractivity contribution in [3.63, 3.8) is 0 Å². The monoisotopic (exact) mass is 357 g/mol. The Labute approximate surface area is 148 Å². The van der Waals surface area contributed by atoms with Gasteiger partial charge in [-0.2, -0.15) is 5.26 Å². The summed E-state index contributed by atoms with van der Waals surface area (Å²) in [4.78, 5) is 33.7. The molecule has 1 heterocycles. The molecule has 134 valence electrons. The zero-order valence-corrected chi connectivity index (χ0v) is 13.5. The van der Waals surface area contributed by atoms with Crippen LogP contribution in [0.25, 0.3) is 0 Å². The number of nitriles is 1. The highest BCUT2D eigenvalue weighted by Crippen LogP contribution is 2.10. The lowest BCUT2D eigenvalue weighted by Gasteiger charge is -2.07. The van der Waals surface area contributed by atoms with Crippen molar-refractivity contribution in [2.45, 2.75) is 13.0 Å². The molecule has 0 radical (unpaired) electrons. The van der Waals surface area contributed by atoms with Crippen molar-refractivity contribution in [2.75, 3.05) is 5.32 Å². The second-order valence-electron chi connectivity index (χ2n) is 4.70. The van der Waals surface area contributed by atoms with Crippen molar-refractivity contribution in [3.8, 4) is 6.07 Å². The van der Waals surface area contributed by atoms with Crippen LogP contribution in [-0.4, -0.2) is 33.2 Å². The van der Waals surface area contributed by atoms with Gasteiger partial charge in [-0.25, -0.2) is 14.4 Å². The number of pyridine rings is 1. The van der Waals surface area contributed by atoms with Crippen LogP contribution < -0.4 is 5.32 Å². The van der Waals surface area contributed by atoms with E-state index in [2.05, 4.69) is 16.4 Å².